The average Bonchev–Trinajstić information content (AvgIpc) is 3.57. The van der Waals surface area contributed by atoms with Crippen molar-refractivity contribution in [3.63, 3.8) is 0 Å². The van der Waals surface area contributed by atoms with Crippen LogP contribution in [-0.2, 0) is 11.0 Å². The van der Waals surface area contributed by atoms with E-state index >= 15 is 0 Å². The fourth-order valence-corrected chi connectivity index (χ4v) is 4.63. The van der Waals surface area contributed by atoms with Gasteiger partial charge in [-0.1, -0.05) is 41.0 Å². The monoisotopic (exact) mass is 562 g/mol. The summed E-state index contributed by atoms with van der Waals surface area (Å²) in [5.41, 5.74) is -0.485. The lowest BCUT2D eigenvalue weighted by Crippen LogP contribution is -2.40. The van der Waals surface area contributed by atoms with Gasteiger partial charge in [0.15, 0.2) is 11.5 Å². The predicted molar refractivity (Wildman–Crippen MR) is 132 cm³/mol. The molecule has 1 aliphatic heterocycles. The Kier molecular flexibility index (Phi) is 7.38. The molecule has 0 spiro atoms. The van der Waals surface area contributed by atoms with Crippen molar-refractivity contribution in [3.05, 3.63) is 65.1 Å². The van der Waals surface area contributed by atoms with Crippen LogP contribution < -0.4 is 0 Å². The van der Waals surface area contributed by atoms with Gasteiger partial charge < -0.3 is 14.7 Å². The van der Waals surface area contributed by atoms with Crippen molar-refractivity contribution in [2.45, 2.75) is 25.1 Å². The van der Waals surface area contributed by atoms with E-state index in [4.69, 9.17) is 16.1 Å². The highest BCUT2D eigenvalue weighted by molar-refractivity contribution is 6.30. The number of hydrogen-bond acceptors (Lipinski definition) is 8. The average molecular weight is 563 g/mol. The summed E-state index contributed by atoms with van der Waals surface area (Å²) in [5.74, 6) is -1.70. The normalized spacial score (nSPS) is 17.3. The van der Waals surface area contributed by atoms with Crippen LogP contribution in [0.1, 0.15) is 30.2 Å². The predicted octanol–water partition coefficient (Wildman–Crippen LogP) is 4.49. The number of carboxylic acids is 1. The molecular formula is C25H22ClF3N6O4. The molecule has 0 aliphatic carbocycles. The number of rotatable bonds is 7. The fraction of sp³-hybridized carbons (Fsp3) is 0.320. The lowest BCUT2D eigenvalue weighted by molar-refractivity contribution is -0.144. The summed E-state index contributed by atoms with van der Waals surface area (Å²) < 4.78 is 47.8. The van der Waals surface area contributed by atoms with Crippen LogP contribution in [0.25, 0.3) is 28.7 Å². The molecule has 10 nitrogen and oxygen atoms in total. The molecule has 1 saturated heterocycles. The van der Waals surface area contributed by atoms with E-state index in [0.717, 1.165) is 12.6 Å². The number of β-amino-alcohol motifs (C(OH)–C–C–N with tert-alkyl or cyclic N) is 1. The van der Waals surface area contributed by atoms with Gasteiger partial charge in [-0.15, -0.1) is 0 Å². The van der Waals surface area contributed by atoms with Crippen molar-refractivity contribution in [2.24, 2.45) is 5.92 Å². The van der Waals surface area contributed by atoms with E-state index in [0.29, 0.717) is 35.3 Å². The number of aliphatic carboxylic acids is 1. The molecule has 0 amide bonds. The maximum Gasteiger partial charge on any atom is 0.434 e. The number of piperidine rings is 1. The maximum absolute atomic E-state index is 14.0. The van der Waals surface area contributed by atoms with Gasteiger partial charge in [0.1, 0.15) is 0 Å². The van der Waals surface area contributed by atoms with Crippen LogP contribution in [0.5, 0.6) is 0 Å². The smallest absolute Gasteiger partial charge is 0.434 e. The Hall–Kier alpha value is -3.81. The van der Waals surface area contributed by atoms with Crippen LogP contribution in [0.3, 0.4) is 0 Å². The zero-order valence-corrected chi connectivity index (χ0v) is 21.0. The van der Waals surface area contributed by atoms with Gasteiger partial charge in [-0.25, -0.2) is 9.67 Å². The molecule has 1 aromatic carbocycles. The Labute approximate surface area is 224 Å². The van der Waals surface area contributed by atoms with Crippen LogP contribution in [0, 0.1) is 5.92 Å². The largest absolute Gasteiger partial charge is 0.481 e. The second-order valence-electron chi connectivity index (χ2n) is 9.15. The molecule has 5 rings (SSSR count). The number of aliphatic hydroxyl groups is 1. The molecule has 39 heavy (non-hydrogen) atoms. The number of nitrogens with zero attached hydrogens (tertiary/aromatic N) is 6. The molecule has 204 valence electrons. The number of aromatic nitrogens is 5. The van der Waals surface area contributed by atoms with E-state index in [1.54, 1.807) is 24.3 Å². The highest BCUT2D eigenvalue weighted by Crippen LogP contribution is 2.38. The number of alkyl halides is 3. The second-order valence-corrected chi connectivity index (χ2v) is 9.59. The number of carbonyl (C=O) groups is 1. The first-order valence-electron chi connectivity index (χ1n) is 11.9. The number of aliphatic hydroxyl groups excluding tert-OH is 1. The Balaban J connectivity index is 1.34. The SMILES string of the molecule is O=C(O)[C@H]1CCCN(CC(O)c2ccc(-c3noc(-c4cnn(-c5ccc(Cl)cn5)c4C(F)(F)F)n3)cc2)C1. The zero-order chi connectivity index (χ0) is 27.7. The van der Waals surface area contributed by atoms with Gasteiger partial charge in [0, 0.05) is 24.8 Å². The summed E-state index contributed by atoms with van der Waals surface area (Å²) in [6.07, 6.45) is -2.11. The minimum atomic E-state index is -4.81. The van der Waals surface area contributed by atoms with E-state index < -0.39 is 35.4 Å². The lowest BCUT2D eigenvalue weighted by atomic mass is 9.97. The number of likely N-dealkylation sites (tertiary alicyclic amines) is 1. The third-order valence-electron chi connectivity index (χ3n) is 6.46. The van der Waals surface area contributed by atoms with Crippen molar-refractivity contribution in [3.8, 4) is 28.7 Å². The minimum absolute atomic E-state index is 0.0527. The summed E-state index contributed by atoms with van der Waals surface area (Å²) in [6.45, 7) is 1.36. The van der Waals surface area contributed by atoms with Crippen molar-refractivity contribution in [1.82, 2.24) is 29.8 Å². The second kappa shape index (κ2) is 10.8. The molecule has 14 heteroatoms. The summed E-state index contributed by atoms with van der Waals surface area (Å²) in [5, 5.41) is 27.8. The maximum atomic E-state index is 14.0. The standard InChI is InChI=1S/C25H22ClF3N6O4/c26-17-7-8-20(30-10-17)35-21(25(27,28)29)18(11-31-35)23-32-22(33-39-23)15-5-3-14(4-6-15)19(36)13-34-9-1-2-16(12-34)24(37)38/h3-8,10-11,16,19,36H,1-2,9,12-13H2,(H,37,38)/t16-,19?/m0/s1. The Bertz CT molecular complexity index is 1460. The number of pyridine rings is 1. The van der Waals surface area contributed by atoms with E-state index in [1.807, 2.05) is 4.90 Å². The van der Waals surface area contributed by atoms with Crippen LogP contribution in [0.2, 0.25) is 5.02 Å². The van der Waals surface area contributed by atoms with Crippen molar-refractivity contribution < 1.29 is 32.7 Å². The molecule has 4 heterocycles. The zero-order valence-electron chi connectivity index (χ0n) is 20.2. The quantitative estimate of drug-likeness (QED) is 0.334. The van der Waals surface area contributed by atoms with Gasteiger partial charge in [0.05, 0.1) is 28.8 Å². The van der Waals surface area contributed by atoms with Crippen molar-refractivity contribution in [1.29, 1.82) is 0 Å². The number of halogens is 4. The summed E-state index contributed by atoms with van der Waals surface area (Å²) in [4.78, 5) is 21.3. The summed E-state index contributed by atoms with van der Waals surface area (Å²) in [6, 6.07) is 9.25. The third kappa shape index (κ3) is 5.79. The topological polar surface area (TPSA) is 130 Å². The molecule has 0 radical (unpaired) electrons. The molecule has 4 aromatic rings. The van der Waals surface area contributed by atoms with E-state index in [2.05, 4.69) is 20.2 Å². The van der Waals surface area contributed by atoms with Crippen LogP contribution in [-0.4, -0.2) is 65.6 Å². The molecule has 2 N–H and O–H groups in total. The van der Waals surface area contributed by atoms with Crippen molar-refractivity contribution >= 4 is 17.6 Å². The van der Waals surface area contributed by atoms with Crippen LogP contribution in [0.4, 0.5) is 13.2 Å². The Morgan fingerprint density at radius 1 is 1.18 bits per heavy atom. The fourth-order valence-electron chi connectivity index (χ4n) is 4.52. The molecular weight excluding hydrogens is 541 g/mol. The van der Waals surface area contributed by atoms with Gasteiger partial charge in [0.2, 0.25) is 5.82 Å². The summed E-state index contributed by atoms with van der Waals surface area (Å²) in [7, 11) is 0. The van der Waals surface area contributed by atoms with Gasteiger partial charge >= 0.3 is 12.1 Å². The van der Waals surface area contributed by atoms with Gasteiger partial charge in [0.25, 0.3) is 5.89 Å². The third-order valence-corrected chi connectivity index (χ3v) is 6.69. The minimum Gasteiger partial charge on any atom is -0.481 e. The van der Waals surface area contributed by atoms with Crippen molar-refractivity contribution in [2.75, 3.05) is 19.6 Å². The van der Waals surface area contributed by atoms with E-state index in [9.17, 15) is 28.2 Å². The van der Waals surface area contributed by atoms with Gasteiger partial charge in [-0.05, 0) is 37.1 Å². The van der Waals surface area contributed by atoms with Gasteiger partial charge in [-0.2, -0.15) is 23.3 Å². The van der Waals surface area contributed by atoms with E-state index in [1.165, 1.54) is 18.3 Å². The van der Waals surface area contributed by atoms with Crippen LogP contribution >= 0.6 is 11.6 Å². The number of hydrogen-bond donors (Lipinski definition) is 2. The van der Waals surface area contributed by atoms with Gasteiger partial charge in [-0.3, -0.25) is 9.69 Å². The molecule has 1 aliphatic rings. The highest BCUT2D eigenvalue weighted by Gasteiger charge is 2.41. The highest BCUT2D eigenvalue weighted by atomic mass is 35.5. The molecule has 0 saturated carbocycles. The molecule has 1 unspecified atom stereocenters. The molecule has 2 atom stereocenters. The molecule has 1 fully saturated rings. The summed E-state index contributed by atoms with van der Waals surface area (Å²) >= 11 is 5.79. The number of carboxylic acid groups (broad SMARTS) is 1. The Morgan fingerprint density at radius 2 is 1.95 bits per heavy atom. The first-order valence-corrected chi connectivity index (χ1v) is 12.3. The van der Waals surface area contributed by atoms with E-state index in [-0.39, 0.29) is 29.1 Å². The first-order chi connectivity index (χ1) is 18.6. The lowest BCUT2D eigenvalue weighted by Gasteiger charge is -2.32. The number of benzene rings is 1. The Morgan fingerprint density at radius 3 is 2.62 bits per heavy atom. The molecule has 0 bridgehead atoms. The van der Waals surface area contributed by atoms with Crippen LogP contribution in [0.15, 0.2) is 53.3 Å². The first kappa shape index (κ1) is 26.8. The molecule has 3 aromatic heterocycles.